The Balaban J connectivity index is 3.27. The van der Waals surface area contributed by atoms with Gasteiger partial charge in [0.1, 0.15) is 0 Å². The van der Waals surface area contributed by atoms with Crippen LogP contribution in [0.15, 0.2) is 6.07 Å². The summed E-state index contributed by atoms with van der Waals surface area (Å²) in [6.07, 6.45) is 0. The van der Waals surface area contributed by atoms with E-state index in [2.05, 4.69) is 5.32 Å². The van der Waals surface area contributed by atoms with Gasteiger partial charge in [0, 0.05) is 6.54 Å². The van der Waals surface area contributed by atoms with Crippen LogP contribution in [-0.4, -0.2) is 14.2 Å². The molecule has 1 N–H and O–H groups in total. The van der Waals surface area contributed by atoms with Gasteiger partial charge in [-0.1, -0.05) is 6.07 Å². The standard InChI is InChI=1S/C11H16FNO/c1-7-5-9(6-13-3)8(2)11(14-4)10(7)12/h5,13H,6H2,1-4H3. The van der Waals surface area contributed by atoms with E-state index < -0.39 is 0 Å². The fraction of sp³-hybridized carbons (Fsp3) is 0.455. The second kappa shape index (κ2) is 4.42. The van der Waals surface area contributed by atoms with E-state index in [9.17, 15) is 4.39 Å². The highest BCUT2D eigenvalue weighted by molar-refractivity contribution is 5.44. The van der Waals surface area contributed by atoms with Crippen LogP contribution >= 0.6 is 0 Å². The number of aryl methyl sites for hydroxylation is 1. The summed E-state index contributed by atoms with van der Waals surface area (Å²) >= 11 is 0. The average molecular weight is 197 g/mol. The number of halogens is 1. The zero-order valence-electron chi connectivity index (χ0n) is 9.07. The van der Waals surface area contributed by atoms with Crippen LogP contribution in [0.3, 0.4) is 0 Å². The molecule has 0 aromatic heterocycles. The summed E-state index contributed by atoms with van der Waals surface area (Å²) in [6, 6.07) is 1.85. The van der Waals surface area contributed by atoms with Gasteiger partial charge in [-0.05, 0) is 37.6 Å². The number of hydrogen-bond donors (Lipinski definition) is 1. The number of nitrogens with one attached hydrogen (secondary N) is 1. The van der Waals surface area contributed by atoms with Crippen LogP contribution in [0, 0.1) is 19.7 Å². The molecule has 1 rings (SSSR count). The van der Waals surface area contributed by atoms with Crippen LogP contribution in [0.4, 0.5) is 4.39 Å². The third kappa shape index (κ3) is 1.87. The Morgan fingerprint density at radius 3 is 2.57 bits per heavy atom. The van der Waals surface area contributed by atoms with E-state index in [0.29, 0.717) is 11.3 Å². The Hall–Kier alpha value is -1.09. The smallest absolute Gasteiger partial charge is 0.168 e. The lowest BCUT2D eigenvalue weighted by atomic mass is 10.0. The molecule has 1 aromatic rings. The van der Waals surface area contributed by atoms with Crippen LogP contribution in [-0.2, 0) is 6.54 Å². The Kier molecular flexibility index (Phi) is 3.47. The Morgan fingerprint density at radius 1 is 1.43 bits per heavy atom. The lowest BCUT2D eigenvalue weighted by molar-refractivity contribution is 0.381. The lowest BCUT2D eigenvalue weighted by Gasteiger charge is -2.13. The van der Waals surface area contributed by atoms with Gasteiger partial charge in [-0.3, -0.25) is 0 Å². The van der Waals surface area contributed by atoms with E-state index >= 15 is 0 Å². The molecule has 14 heavy (non-hydrogen) atoms. The molecule has 0 atom stereocenters. The van der Waals surface area contributed by atoms with Crippen molar-refractivity contribution in [2.45, 2.75) is 20.4 Å². The molecule has 0 fully saturated rings. The van der Waals surface area contributed by atoms with Gasteiger partial charge < -0.3 is 10.1 Å². The average Bonchev–Trinajstić information content (AvgIpc) is 2.16. The van der Waals surface area contributed by atoms with E-state index in [4.69, 9.17) is 4.74 Å². The van der Waals surface area contributed by atoms with E-state index in [1.807, 2.05) is 20.0 Å². The Morgan fingerprint density at radius 2 is 2.07 bits per heavy atom. The molecule has 78 valence electrons. The summed E-state index contributed by atoms with van der Waals surface area (Å²) in [5, 5.41) is 3.04. The topological polar surface area (TPSA) is 21.3 Å². The molecule has 0 bridgehead atoms. The maximum absolute atomic E-state index is 13.5. The fourth-order valence-electron chi connectivity index (χ4n) is 1.54. The quantitative estimate of drug-likeness (QED) is 0.801. The Bertz CT molecular complexity index is 337. The van der Waals surface area contributed by atoms with Crippen molar-refractivity contribution in [3.8, 4) is 5.75 Å². The van der Waals surface area contributed by atoms with Gasteiger partial charge in [-0.2, -0.15) is 0 Å². The molecule has 0 spiro atoms. The highest BCUT2D eigenvalue weighted by atomic mass is 19.1. The first kappa shape index (κ1) is 11.0. The highest BCUT2D eigenvalue weighted by Gasteiger charge is 2.12. The van der Waals surface area contributed by atoms with Crippen molar-refractivity contribution in [3.05, 3.63) is 28.6 Å². The molecule has 0 saturated heterocycles. The maximum atomic E-state index is 13.5. The zero-order chi connectivity index (χ0) is 10.7. The Labute approximate surface area is 84.1 Å². The van der Waals surface area contributed by atoms with Crippen molar-refractivity contribution in [1.29, 1.82) is 0 Å². The summed E-state index contributed by atoms with van der Waals surface area (Å²) < 4.78 is 18.6. The van der Waals surface area contributed by atoms with Gasteiger partial charge in [0.15, 0.2) is 11.6 Å². The van der Waals surface area contributed by atoms with Crippen LogP contribution in [0.2, 0.25) is 0 Å². The van der Waals surface area contributed by atoms with Gasteiger partial charge in [-0.25, -0.2) is 4.39 Å². The number of methoxy groups -OCH3 is 1. The van der Waals surface area contributed by atoms with Crippen LogP contribution in [0.5, 0.6) is 5.75 Å². The molecule has 0 aliphatic carbocycles. The SMILES string of the molecule is CNCc1cc(C)c(F)c(OC)c1C. The molecule has 1 aromatic carbocycles. The number of rotatable bonds is 3. The van der Waals surface area contributed by atoms with Crippen molar-refractivity contribution in [3.63, 3.8) is 0 Å². The van der Waals surface area contributed by atoms with Gasteiger partial charge >= 0.3 is 0 Å². The lowest BCUT2D eigenvalue weighted by Crippen LogP contribution is -2.08. The second-order valence-electron chi connectivity index (χ2n) is 3.36. The minimum absolute atomic E-state index is 0.259. The van der Waals surface area contributed by atoms with Crippen molar-refractivity contribution in [2.75, 3.05) is 14.2 Å². The monoisotopic (exact) mass is 197 g/mol. The normalized spacial score (nSPS) is 10.4. The van der Waals surface area contributed by atoms with Crippen molar-refractivity contribution in [1.82, 2.24) is 5.32 Å². The van der Waals surface area contributed by atoms with E-state index in [1.165, 1.54) is 7.11 Å². The minimum atomic E-state index is -0.259. The number of benzene rings is 1. The molecule has 0 heterocycles. The van der Waals surface area contributed by atoms with E-state index in [-0.39, 0.29) is 5.82 Å². The molecule has 0 unspecified atom stereocenters. The predicted molar refractivity (Wildman–Crippen MR) is 55.2 cm³/mol. The van der Waals surface area contributed by atoms with Crippen LogP contribution in [0.1, 0.15) is 16.7 Å². The second-order valence-corrected chi connectivity index (χ2v) is 3.36. The van der Waals surface area contributed by atoms with Crippen LogP contribution in [0.25, 0.3) is 0 Å². The molecule has 3 heteroatoms. The van der Waals surface area contributed by atoms with E-state index in [0.717, 1.165) is 17.7 Å². The first-order valence-corrected chi connectivity index (χ1v) is 4.59. The molecule has 0 aliphatic rings. The zero-order valence-corrected chi connectivity index (χ0v) is 9.07. The third-order valence-electron chi connectivity index (χ3n) is 2.33. The van der Waals surface area contributed by atoms with Gasteiger partial charge in [-0.15, -0.1) is 0 Å². The van der Waals surface area contributed by atoms with E-state index in [1.54, 1.807) is 6.92 Å². The molecule has 0 aliphatic heterocycles. The summed E-state index contributed by atoms with van der Waals surface area (Å²) in [4.78, 5) is 0. The molecule has 0 radical (unpaired) electrons. The van der Waals surface area contributed by atoms with Crippen molar-refractivity contribution < 1.29 is 9.13 Å². The fourth-order valence-corrected chi connectivity index (χ4v) is 1.54. The van der Waals surface area contributed by atoms with Gasteiger partial charge in [0.05, 0.1) is 7.11 Å². The van der Waals surface area contributed by atoms with Gasteiger partial charge in [0.2, 0.25) is 0 Å². The first-order chi connectivity index (χ1) is 6.61. The molecular formula is C11H16FNO. The van der Waals surface area contributed by atoms with Crippen LogP contribution < -0.4 is 10.1 Å². The van der Waals surface area contributed by atoms with Crippen molar-refractivity contribution >= 4 is 0 Å². The van der Waals surface area contributed by atoms with Crippen molar-refractivity contribution in [2.24, 2.45) is 0 Å². The first-order valence-electron chi connectivity index (χ1n) is 4.59. The molecule has 0 saturated carbocycles. The predicted octanol–water partition coefficient (Wildman–Crippen LogP) is 2.17. The molecule has 0 amide bonds. The maximum Gasteiger partial charge on any atom is 0.168 e. The summed E-state index contributed by atoms with van der Waals surface area (Å²) in [7, 11) is 3.36. The summed E-state index contributed by atoms with van der Waals surface area (Å²) in [5.41, 5.74) is 2.56. The largest absolute Gasteiger partial charge is 0.493 e. The summed E-state index contributed by atoms with van der Waals surface area (Å²) in [6.45, 7) is 4.34. The molecular weight excluding hydrogens is 181 g/mol. The third-order valence-corrected chi connectivity index (χ3v) is 2.33. The van der Waals surface area contributed by atoms with Gasteiger partial charge in [0.25, 0.3) is 0 Å². The summed E-state index contributed by atoms with van der Waals surface area (Å²) in [5.74, 6) is 0.0973. The minimum Gasteiger partial charge on any atom is -0.493 e. The number of hydrogen-bond acceptors (Lipinski definition) is 2. The molecule has 2 nitrogen and oxygen atoms in total. The highest BCUT2D eigenvalue weighted by Crippen LogP contribution is 2.27. The number of ether oxygens (including phenoxy) is 1.